The molecule has 8 aromatic heterocycles. The zero-order valence-electron chi connectivity index (χ0n) is 41.6. The monoisotopic (exact) mass is 1050 g/mol. The van der Waals surface area contributed by atoms with E-state index >= 15 is 0 Å². The van der Waals surface area contributed by atoms with Gasteiger partial charge in [-0.2, -0.15) is 0 Å². The maximum atomic E-state index is 6.16. The second-order valence-corrected chi connectivity index (χ2v) is 20.5. The van der Waals surface area contributed by atoms with Crippen molar-refractivity contribution < 1.29 is 18.1 Å². The van der Waals surface area contributed by atoms with Crippen molar-refractivity contribution >= 4 is 117 Å². The second kappa shape index (κ2) is 18.8. The number of aromatic nitrogens is 8. The Morgan fingerprint density at radius 1 is 0.382 bits per heavy atom. The molecule has 0 atom stereocenters. The molecule has 6 aromatic carbocycles. The van der Waals surface area contributed by atoms with E-state index in [9.17, 15) is 0 Å². The highest BCUT2D eigenvalue weighted by Crippen LogP contribution is 2.37. The fourth-order valence-electron chi connectivity index (χ4n) is 9.53. The molecule has 12 nitrogen and oxygen atoms in total. The van der Waals surface area contributed by atoms with Crippen molar-refractivity contribution in [3.63, 3.8) is 0 Å². The number of hydrogen-bond acceptors (Lipinski definition) is 12. The summed E-state index contributed by atoms with van der Waals surface area (Å²) >= 11 is 3.41. The predicted octanol–water partition coefficient (Wildman–Crippen LogP) is 14.7. The molecule has 0 aliphatic carbocycles. The largest absolute Gasteiger partial charge is 0.494 e. The molecular formula is C62H44BBrN8O4. The second-order valence-electron chi connectivity index (χ2n) is 19.6. The van der Waals surface area contributed by atoms with E-state index in [1.807, 2.05) is 48.8 Å². The zero-order valence-corrected chi connectivity index (χ0v) is 43.2. The third-order valence-corrected chi connectivity index (χ3v) is 14.8. The minimum absolute atomic E-state index is 0.343. The summed E-state index contributed by atoms with van der Waals surface area (Å²) < 4.78 is 24.6. The molecule has 1 fully saturated rings. The lowest BCUT2D eigenvalue weighted by molar-refractivity contribution is 0.00578. The molecule has 0 unspecified atom stereocenters. The van der Waals surface area contributed by atoms with Gasteiger partial charge in [-0.15, -0.1) is 0 Å². The fourth-order valence-corrected chi connectivity index (χ4v) is 9.89. The van der Waals surface area contributed by atoms with Gasteiger partial charge in [0.25, 0.3) is 0 Å². The number of halogens is 1. The highest BCUT2D eigenvalue weighted by molar-refractivity contribution is 9.10. The summed E-state index contributed by atoms with van der Waals surface area (Å²) in [5.74, 6) is 0. The Balaban J connectivity index is 0.000000117. The van der Waals surface area contributed by atoms with Crippen molar-refractivity contribution in [3.05, 3.63) is 199 Å². The topological polar surface area (TPSA) is 148 Å². The summed E-state index contributed by atoms with van der Waals surface area (Å²) in [5, 5.41) is 6.33. The SMILES string of the molecule is Brc1ccc2oc3nccnc3c2c1.CC1(C)OB(c2ccc(-c3ccc4ccc5cccnc5c4n3)cc2)OC1(C)C.c1cnc2c(c1)ccc1ccc(-c3ccc(-c4ccc5oc6nccnc6c5c4)cc3)nc12. The number of pyridine rings is 4. The number of benzene rings is 6. The lowest BCUT2D eigenvalue weighted by Crippen LogP contribution is -2.41. The van der Waals surface area contributed by atoms with Crippen LogP contribution in [0.25, 0.3) is 122 Å². The van der Waals surface area contributed by atoms with E-state index in [0.717, 1.165) is 120 Å². The average molecular weight is 1060 g/mol. The first-order valence-corrected chi connectivity index (χ1v) is 25.6. The molecule has 366 valence electrons. The maximum absolute atomic E-state index is 6.16. The van der Waals surface area contributed by atoms with E-state index in [1.54, 1.807) is 24.8 Å². The zero-order chi connectivity index (χ0) is 51.5. The van der Waals surface area contributed by atoms with Crippen LogP contribution in [0.15, 0.2) is 208 Å². The van der Waals surface area contributed by atoms with E-state index < -0.39 is 0 Å². The van der Waals surface area contributed by atoms with Gasteiger partial charge in [-0.05, 0) is 98.9 Å². The number of furan rings is 2. The molecule has 0 radical (unpaired) electrons. The van der Waals surface area contributed by atoms with Crippen molar-refractivity contribution in [1.29, 1.82) is 0 Å². The summed E-state index contributed by atoms with van der Waals surface area (Å²) in [4.78, 5) is 36.0. The van der Waals surface area contributed by atoms with E-state index in [-0.39, 0.29) is 18.3 Å². The molecule has 14 aromatic rings. The first kappa shape index (κ1) is 46.9. The molecule has 1 aliphatic heterocycles. The van der Waals surface area contributed by atoms with Crippen molar-refractivity contribution in [1.82, 2.24) is 39.9 Å². The molecule has 14 heteroatoms. The number of fused-ring (bicyclic) bond motifs is 12. The van der Waals surface area contributed by atoms with Gasteiger partial charge in [0.15, 0.2) is 0 Å². The van der Waals surface area contributed by atoms with Gasteiger partial charge in [-0.25, -0.2) is 29.9 Å². The molecule has 15 rings (SSSR count). The van der Waals surface area contributed by atoms with Crippen LogP contribution in [-0.4, -0.2) is 58.2 Å². The van der Waals surface area contributed by atoms with Gasteiger partial charge in [0, 0.05) is 85.1 Å². The van der Waals surface area contributed by atoms with Gasteiger partial charge in [-0.3, -0.25) is 9.97 Å². The normalized spacial score (nSPS) is 13.9. The Bertz CT molecular complexity index is 4510. The van der Waals surface area contributed by atoms with Crippen LogP contribution < -0.4 is 5.46 Å². The van der Waals surface area contributed by atoms with Gasteiger partial charge in [0.1, 0.15) is 22.2 Å². The standard InChI is InChI=1S/C28H16N4O.C24H23BN2O2.C10H5BrN2O/c1-2-19-7-8-20-9-11-23(32-26(20)25(19)29-13-1)18-5-3-17(4-6-18)21-10-12-24-22(16-21)27-28(33-24)31-15-14-30-27;1-23(2)24(3,4)29-25(28-23)19-12-9-16(10-13-19)20-14-11-18-8-7-17-6-5-15-26-21(17)22(18)27-20;11-6-1-2-8-7(5-6)9-10(14-8)13-4-3-12-9/h1-16H;5-15H,1-4H3;1-5H. The lowest BCUT2D eigenvalue weighted by Gasteiger charge is -2.32. The van der Waals surface area contributed by atoms with Crippen LogP contribution in [0.3, 0.4) is 0 Å². The van der Waals surface area contributed by atoms with Crippen LogP contribution >= 0.6 is 15.9 Å². The van der Waals surface area contributed by atoms with Crippen molar-refractivity contribution in [2.24, 2.45) is 0 Å². The molecule has 0 saturated carbocycles. The molecule has 9 heterocycles. The Morgan fingerprint density at radius 2 is 0.803 bits per heavy atom. The van der Waals surface area contributed by atoms with E-state index in [0.29, 0.717) is 11.4 Å². The third kappa shape index (κ3) is 8.65. The number of nitrogens with zero attached hydrogens (tertiary/aromatic N) is 8. The fraction of sp³-hybridized carbons (Fsp3) is 0.0968. The van der Waals surface area contributed by atoms with Gasteiger partial charge in [-0.1, -0.05) is 119 Å². The minimum atomic E-state index is -0.355. The van der Waals surface area contributed by atoms with Gasteiger partial charge in [0.05, 0.1) is 44.7 Å². The van der Waals surface area contributed by atoms with Crippen molar-refractivity contribution in [3.8, 4) is 33.6 Å². The van der Waals surface area contributed by atoms with Crippen LogP contribution in [0.5, 0.6) is 0 Å². The van der Waals surface area contributed by atoms with E-state index in [1.165, 1.54) is 0 Å². The summed E-state index contributed by atoms with van der Waals surface area (Å²) in [5.41, 5.74) is 14.6. The van der Waals surface area contributed by atoms with Crippen LogP contribution in [-0.2, 0) is 9.31 Å². The quantitative estimate of drug-likeness (QED) is 0.122. The molecule has 0 bridgehead atoms. The maximum Gasteiger partial charge on any atom is 0.494 e. The third-order valence-electron chi connectivity index (χ3n) is 14.3. The predicted molar refractivity (Wildman–Crippen MR) is 306 cm³/mol. The van der Waals surface area contributed by atoms with Crippen LogP contribution in [0.4, 0.5) is 0 Å². The molecular weight excluding hydrogens is 1010 g/mol. The molecule has 0 amide bonds. The molecule has 0 spiro atoms. The molecule has 1 aliphatic rings. The first-order chi connectivity index (χ1) is 37.0. The summed E-state index contributed by atoms with van der Waals surface area (Å²) in [6.07, 6.45) is 10.3. The van der Waals surface area contributed by atoms with Crippen LogP contribution in [0.1, 0.15) is 27.7 Å². The van der Waals surface area contributed by atoms with E-state index in [2.05, 4.69) is 195 Å². The van der Waals surface area contributed by atoms with E-state index in [4.69, 9.17) is 28.1 Å². The van der Waals surface area contributed by atoms with Gasteiger partial charge >= 0.3 is 7.12 Å². The summed E-state index contributed by atoms with van der Waals surface area (Å²) in [7, 11) is -0.355. The van der Waals surface area contributed by atoms with Crippen LogP contribution in [0, 0.1) is 0 Å². The van der Waals surface area contributed by atoms with Crippen LogP contribution in [0.2, 0.25) is 0 Å². The Kier molecular flexibility index (Phi) is 11.6. The molecule has 0 N–H and O–H groups in total. The average Bonchev–Trinajstić information content (AvgIpc) is 4.12. The highest BCUT2D eigenvalue weighted by atomic mass is 79.9. The summed E-state index contributed by atoms with van der Waals surface area (Å²) in [6.45, 7) is 8.27. The van der Waals surface area contributed by atoms with Gasteiger partial charge < -0.3 is 18.1 Å². The Labute approximate surface area is 444 Å². The number of hydrogen-bond donors (Lipinski definition) is 0. The van der Waals surface area contributed by atoms with Crippen molar-refractivity contribution in [2.45, 2.75) is 38.9 Å². The highest BCUT2D eigenvalue weighted by Gasteiger charge is 2.51. The Hall–Kier alpha value is -8.82. The number of rotatable bonds is 4. The van der Waals surface area contributed by atoms with Crippen molar-refractivity contribution in [2.75, 3.05) is 0 Å². The lowest BCUT2D eigenvalue weighted by atomic mass is 9.79. The Morgan fingerprint density at radius 3 is 1.34 bits per heavy atom. The summed E-state index contributed by atoms with van der Waals surface area (Å²) in [6, 6.07) is 53.4. The first-order valence-electron chi connectivity index (χ1n) is 24.8. The molecule has 1 saturated heterocycles. The van der Waals surface area contributed by atoms with Gasteiger partial charge in [0.2, 0.25) is 11.4 Å². The molecule has 76 heavy (non-hydrogen) atoms. The minimum Gasteiger partial charge on any atom is -0.436 e. The smallest absolute Gasteiger partial charge is 0.436 e.